The molecule has 2 unspecified atom stereocenters. The molecule has 2 atom stereocenters. The molecule has 0 saturated carbocycles. The topological polar surface area (TPSA) is 99.1 Å². The monoisotopic (exact) mass is 371 g/mol. The number of esters is 2. The summed E-state index contributed by atoms with van der Waals surface area (Å²) in [7, 11) is -1.60. The highest BCUT2D eigenvalue weighted by molar-refractivity contribution is 8.15. The van der Waals surface area contributed by atoms with E-state index in [-0.39, 0.29) is 15.7 Å². The fraction of sp³-hybridized carbons (Fsp3) is 0.400. The van der Waals surface area contributed by atoms with E-state index in [0.29, 0.717) is 0 Å². The molecule has 0 aliphatic carbocycles. The SMILES string of the molecule is COC(=O)C1CS/C(=N/S(=O)(=O)c2ccc(C)cc2)C1C(=O)OC. The maximum Gasteiger partial charge on any atom is 0.316 e. The van der Waals surface area contributed by atoms with E-state index in [2.05, 4.69) is 13.9 Å². The Hall–Kier alpha value is -1.87. The summed E-state index contributed by atoms with van der Waals surface area (Å²) in [5, 5.41) is 0.0397. The van der Waals surface area contributed by atoms with Gasteiger partial charge in [0.1, 0.15) is 11.0 Å². The fourth-order valence-electron chi connectivity index (χ4n) is 2.25. The molecule has 1 aromatic carbocycles. The highest BCUT2D eigenvalue weighted by Crippen LogP contribution is 2.35. The summed E-state index contributed by atoms with van der Waals surface area (Å²) in [6.45, 7) is 1.84. The molecular weight excluding hydrogens is 354 g/mol. The van der Waals surface area contributed by atoms with Gasteiger partial charge in [-0.2, -0.15) is 12.8 Å². The van der Waals surface area contributed by atoms with Crippen LogP contribution in [-0.2, 0) is 29.1 Å². The Bertz CT molecular complexity index is 770. The Morgan fingerprint density at radius 1 is 1.12 bits per heavy atom. The second-order valence-corrected chi connectivity index (χ2v) is 7.80. The summed E-state index contributed by atoms with van der Waals surface area (Å²) in [6, 6.07) is 6.20. The number of methoxy groups -OCH3 is 2. The molecule has 0 N–H and O–H groups in total. The minimum Gasteiger partial charge on any atom is -0.469 e. The summed E-state index contributed by atoms with van der Waals surface area (Å²) in [6.07, 6.45) is 0. The maximum absolute atomic E-state index is 12.4. The number of nitrogens with zero attached hydrogens (tertiary/aromatic N) is 1. The number of rotatable bonds is 4. The van der Waals surface area contributed by atoms with Crippen molar-refractivity contribution in [3.8, 4) is 0 Å². The van der Waals surface area contributed by atoms with Crippen LogP contribution in [0.15, 0.2) is 33.6 Å². The van der Waals surface area contributed by atoms with Gasteiger partial charge in [-0.05, 0) is 19.1 Å². The number of sulfonamides is 1. The fourth-order valence-corrected chi connectivity index (χ4v) is 4.81. The third-order valence-corrected chi connectivity index (χ3v) is 6.15. The van der Waals surface area contributed by atoms with E-state index in [1.165, 1.54) is 26.4 Å². The average molecular weight is 371 g/mol. The first-order valence-electron chi connectivity index (χ1n) is 7.00. The zero-order valence-corrected chi connectivity index (χ0v) is 15.0. The smallest absolute Gasteiger partial charge is 0.316 e. The second kappa shape index (κ2) is 7.35. The van der Waals surface area contributed by atoms with E-state index < -0.39 is 33.8 Å². The van der Waals surface area contributed by atoms with Crippen molar-refractivity contribution in [1.29, 1.82) is 0 Å². The van der Waals surface area contributed by atoms with Crippen LogP contribution in [0, 0.1) is 18.8 Å². The number of carbonyl (C=O) groups excluding carboxylic acids is 2. The molecule has 0 amide bonds. The molecule has 130 valence electrons. The predicted molar refractivity (Wildman–Crippen MR) is 89.3 cm³/mol. The van der Waals surface area contributed by atoms with Crippen LogP contribution >= 0.6 is 11.8 Å². The van der Waals surface area contributed by atoms with Crippen LogP contribution in [0.25, 0.3) is 0 Å². The summed E-state index contributed by atoms with van der Waals surface area (Å²) >= 11 is 1.04. The van der Waals surface area contributed by atoms with Crippen molar-refractivity contribution in [2.45, 2.75) is 11.8 Å². The van der Waals surface area contributed by atoms with Crippen molar-refractivity contribution >= 4 is 38.8 Å². The molecule has 0 radical (unpaired) electrons. The highest BCUT2D eigenvalue weighted by atomic mass is 32.2. The van der Waals surface area contributed by atoms with Gasteiger partial charge in [0.05, 0.1) is 25.0 Å². The van der Waals surface area contributed by atoms with E-state index in [1.807, 2.05) is 6.92 Å². The van der Waals surface area contributed by atoms with Crippen molar-refractivity contribution in [1.82, 2.24) is 0 Å². The molecule has 1 aliphatic rings. The first kappa shape index (κ1) is 18.5. The van der Waals surface area contributed by atoms with Gasteiger partial charge in [0, 0.05) is 5.75 Å². The molecule has 1 aromatic rings. The highest BCUT2D eigenvalue weighted by Gasteiger charge is 2.45. The van der Waals surface area contributed by atoms with Gasteiger partial charge in [0.25, 0.3) is 10.0 Å². The minimum atomic E-state index is -3.98. The van der Waals surface area contributed by atoms with Gasteiger partial charge >= 0.3 is 11.9 Å². The lowest BCUT2D eigenvalue weighted by Gasteiger charge is -2.14. The van der Waals surface area contributed by atoms with Crippen molar-refractivity contribution in [2.75, 3.05) is 20.0 Å². The molecule has 1 saturated heterocycles. The second-order valence-electron chi connectivity index (χ2n) is 5.16. The number of carbonyl (C=O) groups is 2. The van der Waals surface area contributed by atoms with Gasteiger partial charge in [-0.1, -0.05) is 17.7 Å². The van der Waals surface area contributed by atoms with Crippen LogP contribution in [0.2, 0.25) is 0 Å². The Labute approximate surface area is 144 Å². The van der Waals surface area contributed by atoms with Crippen LogP contribution in [0.1, 0.15) is 5.56 Å². The molecule has 7 nitrogen and oxygen atoms in total. The molecule has 0 aromatic heterocycles. The van der Waals surface area contributed by atoms with Crippen molar-refractivity contribution in [3.05, 3.63) is 29.8 Å². The van der Waals surface area contributed by atoms with E-state index in [4.69, 9.17) is 0 Å². The van der Waals surface area contributed by atoms with Crippen LogP contribution in [0.3, 0.4) is 0 Å². The van der Waals surface area contributed by atoms with Crippen LogP contribution < -0.4 is 0 Å². The Kier molecular flexibility index (Phi) is 5.66. The Morgan fingerprint density at radius 3 is 2.25 bits per heavy atom. The molecule has 1 heterocycles. The molecular formula is C15H17NO6S2. The van der Waals surface area contributed by atoms with E-state index in [0.717, 1.165) is 17.3 Å². The van der Waals surface area contributed by atoms with Gasteiger partial charge < -0.3 is 9.47 Å². The minimum absolute atomic E-state index is 0.0198. The summed E-state index contributed by atoms with van der Waals surface area (Å²) in [4.78, 5) is 23.8. The third kappa shape index (κ3) is 3.78. The van der Waals surface area contributed by atoms with Gasteiger partial charge in [-0.15, -0.1) is 11.8 Å². The number of thioether (sulfide) groups is 1. The van der Waals surface area contributed by atoms with Crippen molar-refractivity contribution < 1.29 is 27.5 Å². The average Bonchev–Trinajstić information content (AvgIpc) is 2.96. The van der Waals surface area contributed by atoms with Gasteiger partial charge in [0.15, 0.2) is 0 Å². The number of hydrogen-bond donors (Lipinski definition) is 0. The number of hydrogen-bond acceptors (Lipinski definition) is 7. The van der Waals surface area contributed by atoms with Crippen LogP contribution in [-0.4, -0.2) is 45.4 Å². The first-order valence-corrected chi connectivity index (χ1v) is 9.42. The zero-order chi connectivity index (χ0) is 17.9. The number of benzene rings is 1. The van der Waals surface area contributed by atoms with Crippen molar-refractivity contribution in [3.63, 3.8) is 0 Å². The van der Waals surface area contributed by atoms with Crippen LogP contribution in [0.4, 0.5) is 0 Å². The Morgan fingerprint density at radius 2 is 1.71 bits per heavy atom. The largest absolute Gasteiger partial charge is 0.469 e. The maximum atomic E-state index is 12.4. The lowest BCUT2D eigenvalue weighted by molar-refractivity contribution is -0.153. The summed E-state index contributed by atoms with van der Waals surface area (Å²) < 4.78 is 38.0. The molecule has 1 fully saturated rings. The predicted octanol–water partition coefficient (Wildman–Crippen LogP) is 1.41. The molecule has 24 heavy (non-hydrogen) atoms. The zero-order valence-electron chi connectivity index (χ0n) is 13.4. The number of ether oxygens (including phenoxy) is 2. The molecule has 0 spiro atoms. The summed E-state index contributed by atoms with van der Waals surface area (Å²) in [5.74, 6) is -3.01. The quantitative estimate of drug-likeness (QED) is 0.738. The van der Waals surface area contributed by atoms with E-state index in [1.54, 1.807) is 12.1 Å². The van der Waals surface area contributed by atoms with Crippen molar-refractivity contribution in [2.24, 2.45) is 16.2 Å². The normalized spacial score (nSPS) is 22.4. The van der Waals surface area contributed by atoms with Gasteiger partial charge in [-0.3, -0.25) is 9.59 Å². The lowest BCUT2D eigenvalue weighted by Crippen LogP contribution is -2.32. The van der Waals surface area contributed by atoms with E-state index in [9.17, 15) is 18.0 Å². The lowest BCUT2D eigenvalue weighted by atomic mass is 9.95. The van der Waals surface area contributed by atoms with Gasteiger partial charge in [0.2, 0.25) is 0 Å². The first-order chi connectivity index (χ1) is 11.3. The standard InChI is InChI=1S/C15H17NO6S2/c1-9-4-6-10(7-5-9)24(19,20)16-13-12(15(18)22-3)11(8-23-13)14(17)21-2/h4-7,11-12H,8H2,1-3H3/b16-13+. The summed E-state index contributed by atoms with van der Waals surface area (Å²) in [5.41, 5.74) is 0.912. The Balaban J connectivity index is 2.41. The van der Waals surface area contributed by atoms with Crippen LogP contribution in [0.5, 0.6) is 0 Å². The van der Waals surface area contributed by atoms with Gasteiger partial charge in [-0.25, -0.2) is 0 Å². The molecule has 9 heteroatoms. The van der Waals surface area contributed by atoms with E-state index >= 15 is 0 Å². The molecule has 1 aliphatic heterocycles. The third-order valence-electron chi connectivity index (χ3n) is 3.57. The molecule has 2 rings (SSSR count). The number of aryl methyl sites for hydroxylation is 1. The molecule has 0 bridgehead atoms.